The van der Waals surface area contributed by atoms with Gasteiger partial charge in [-0.25, -0.2) is 0 Å². The molecule has 0 aromatic rings. The quantitative estimate of drug-likeness (QED) is 0.651. The summed E-state index contributed by atoms with van der Waals surface area (Å²) in [5.41, 5.74) is 0.620. The summed E-state index contributed by atoms with van der Waals surface area (Å²) >= 11 is 0. The molecule has 0 bridgehead atoms. The van der Waals surface area contributed by atoms with Gasteiger partial charge in [-0.05, 0) is 36.5 Å². The molecule has 0 fully saturated rings. The van der Waals surface area contributed by atoms with E-state index in [1.54, 1.807) is 0 Å². The van der Waals surface area contributed by atoms with Crippen LogP contribution in [0.2, 0.25) is 0 Å². The highest BCUT2D eigenvalue weighted by molar-refractivity contribution is 4.95. The lowest BCUT2D eigenvalue weighted by molar-refractivity contribution is -0.143. The van der Waals surface area contributed by atoms with Crippen molar-refractivity contribution in [1.82, 2.24) is 0 Å². The van der Waals surface area contributed by atoms with Crippen LogP contribution in [0.5, 0.6) is 0 Å². The molecule has 1 nitrogen and oxygen atoms in total. The van der Waals surface area contributed by atoms with Crippen LogP contribution in [-0.2, 0) is 4.74 Å². The zero-order valence-corrected chi connectivity index (χ0v) is 13.8. The summed E-state index contributed by atoms with van der Waals surface area (Å²) in [5.74, 6) is 0. The summed E-state index contributed by atoms with van der Waals surface area (Å²) in [6.45, 7) is 23.6. The Morgan fingerprint density at radius 2 is 1.12 bits per heavy atom. The van der Waals surface area contributed by atoms with Gasteiger partial charge in [0.25, 0.3) is 0 Å². The molecule has 0 radical (unpaired) electrons. The largest absolute Gasteiger partial charge is 0.375 e. The van der Waals surface area contributed by atoms with Crippen LogP contribution in [0.25, 0.3) is 0 Å². The highest BCUT2D eigenvalue weighted by Crippen LogP contribution is 2.48. The first-order chi connectivity index (χ1) is 7.21. The molecule has 104 valence electrons. The van der Waals surface area contributed by atoms with Gasteiger partial charge in [0, 0.05) is 6.61 Å². The molecule has 0 heterocycles. The maximum atomic E-state index is 6.20. The molecule has 0 aromatic carbocycles. The molecular weight excluding hydrogens is 208 g/mol. The standard InChI is InChI=1S/C16H34O/c1-13(2,3)11-12-17-16(9,10)15(7,8)14(4,5)6/h11-12H2,1-10H3. The van der Waals surface area contributed by atoms with E-state index in [9.17, 15) is 0 Å². The molecule has 0 N–H and O–H groups in total. The first-order valence-electron chi connectivity index (χ1n) is 6.85. The predicted molar refractivity (Wildman–Crippen MR) is 77.3 cm³/mol. The summed E-state index contributed by atoms with van der Waals surface area (Å²) in [7, 11) is 0. The van der Waals surface area contributed by atoms with E-state index < -0.39 is 0 Å². The van der Waals surface area contributed by atoms with Crippen molar-refractivity contribution in [1.29, 1.82) is 0 Å². The minimum Gasteiger partial charge on any atom is -0.375 e. The first-order valence-corrected chi connectivity index (χ1v) is 6.85. The fourth-order valence-electron chi connectivity index (χ4n) is 1.70. The second-order valence-electron chi connectivity index (χ2n) is 8.54. The van der Waals surface area contributed by atoms with Crippen molar-refractivity contribution >= 4 is 0 Å². The van der Waals surface area contributed by atoms with E-state index in [2.05, 4.69) is 69.2 Å². The molecule has 0 aliphatic rings. The molecule has 0 saturated carbocycles. The smallest absolute Gasteiger partial charge is 0.0682 e. The van der Waals surface area contributed by atoms with Gasteiger partial charge in [-0.3, -0.25) is 0 Å². The summed E-state index contributed by atoms with van der Waals surface area (Å²) in [6, 6.07) is 0. The number of hydrogen-bond donors (Lipinski definition) is 0. The molecule has 0 aliphatic carbocycles. The average molecular weight is 242 g/mol. The Labute approximate surface area is 109 Å². The lowest BCUT2D eigenvalue weighted by Crippen LogP contribution is -2.49. The van der Waals surface area contributed by atoms with Gasteiger partial charge in [0.05, 0.1) is 5.60 Å². The van der Waals surface area contributed by atoms with Crippen LogP contribution in [0.3, 0.4) is 0 Å². The van der Waals surface area contributed by atoms with Gasteiger partial charge in [-0.2, -0.15) is 0 Å². The zero-order valence-electron chi connectivity index (χ0n) is 13.8. The van der Waals surface area contributed by atoms with Gasteiger partial charge in [0.2, 0.25) is 0 Å². The topological polar surface area (TPSA) is 9.23 Å². The monoisotopic (exact) mass is 242 g/mol. The molecule has 0 aliphatic heterocycles. The average Bonchev–Trinajstić information content (AvgIpc) is 1.98. The lowest BCUT2D eigenvalue weighted by Gasteiger charge is -2.50. The highest BCUT2D eigenvalue weighted by Gasteiger charge is 2.46. The van der Waals surface area contributed by atoms with E-state index >= 15 is 0 Å². The van der Waals surface area contributed by atoms with Gasteiger partial charge in [0.1, 0.15) is 0 Å². The Hall–Kier alpha value is -0.0400. The molecule has 0 aromatic heterocycles. The molecule has 1 heteroatoms. The Morgan fingerprint density at radius 3 is 1.41 bits per heavy atom. The van der Waals surface area contributed by atoms with Crippen LogP contribution in [0, 0.1) is 16.2 Å². The Balaban J connectivity index is 4.58. The van der Waals surface area contributed by atoms with Gasteiger partial charge in [-0.15, -0.1) is 0 Å². The molecule has 17 heavy (non-hydrogen) atoms. The Bertz CT molecular complexity index is 235. The van der Waals surface area contributed by atoms with Crippen molar-refractivity contribution in [2.75, 3.05) is 6.61 Å². The van der Waals surface area contributed by atoms with Crippen molar-refractivity contribution in [3.8, 4) is 0 Å². The predicted octanol–water partition coefficient (Wildman–Crippen LogP) is 5.29. The molecule has 0 spiro atoms. The first kappa shape index (κ1) is 17.0. The SMILES string of the molecule is CC(C)(C)CCOC(C)(C)C(C)(C)C(C)(C)C. The molecule has 0 rings (SSSR count). The molecule has 0 saturated heterocycles. The van der Waals surface area contributed by atoms with Crippen LogP contribution < -0.4 is 0 Å². The molecule has 0 amide bonds. The Kier molecular flexibility index (Phi) is 4.90. The van der Waals surface area contributed by atoms with Crippen LogP contribution in [0.4, 0.5) is 0 Å². The van der Waals surface area contributed by atoms with E-state index in [1.807, 2.05) is 0 Å². The van der Waals surface area contributed by atoms with Crippen molar-refractivity contribution in [3.05, 3.63) is 0 Å². The maximum Gasteiger partial charge on any atom is 0.0682 e. The minimum atomic E-state index is -0.101. The zero-order chi connectivity index (χ0) is 14.1. The third-order valence-corrected chi connectivity index (χ3v) is 4.70. The maximum absolute atomic E-state index is 6.20. The van der Waals surface area contributed by atoms with Crippen molar-refractivity contribution in [3.63, 3.8) is 0 Å². The summed E-state index contributed by atoms with van der Waals surface area (Å²) in [4.78, 5) is 0. The second kappa shape index (κ2) is 4.91. The third kappa shape index (κ3) is 4.62. The molecule has 0 unspecified atom stereocenters. The third-order valence-electron chi connectivity index (χ3n) is 4.70. The second-order valence-corrected chi connectivity index (χ2v) is 8.54. The van der Waals surface area contributed by atoms with Gasteiger partial charge in [0.15, 0.2) is 0 Å². The van der Waals surface area contributed by atoms with Crippen LogP contribution in [-0.4, -0.2) is 12.2 Å². The lowest BCUT2D eigenvalue weighted by atomic mass is 9.61. The van der Waals surface area contributed by atoms with E-state index in [4.69, 9.17) is 4.74 Å². The fourth-order valence-corrected chi connectivity index (χ4v) is 1.70. The van der Waals surface area contributed by atoms with Crippen LogP contribution in [0.1, 0.15) is 75.7 Å². The number of ether oxygens (including phenoxy) is 1. The van der Waals surface area contributed by atoms with E-state index in [0.29, 0.717) is 5.41 Å². The molecule has 0 atom stereocenters. The van der Waals surface area contributed by atoms with Crippen molar-refractivity contribution in [2.24, 2.45) is 16.2 Å². The van der Waals surface area contributed by atoms with Gasteiger partial charge in [-0.1, -0.05) is 55.4 Å². The fraction of sp³-hybridized carbons (Fsp3) is 1.00. The molecular formula is C16H34O. The van der Waals surface area contributed by atoms with E-state index in [1.165, 1.54) is 0 Å². The minimum absolute atomic E-state index is 0.101. The number of rotatable bonds is 4. The van der Waals surface area contributed by atoms with Crippen LogP contribution in [0.15, 0.2) is 0 Å². The summed E-state index contributed by atoms with van der Waals surface area (Å²) in [6.07, 6.45) is 1.11. The normalized spacial score (nSPS) is 15.2. The van der Waals surface area contributed by atoms with Crippen LogP contribution >= 0.6 is 0 Å². The summed E-state index contributed by atoms with van der Waals surface area (Å²) < 4.78 is 6.20. The van der Waals surface area contributed by atoms with Crippen molar-refractivity contribution in [2.45, 2.75) is 81.3 Å². The summed E-state index contributed by atoms with van der Waals surface area (Å²) in [5, 5.41) is 0. The highest BCUT2D eigenvalue weighted by atomic mass is 16.5. The number of hydrogen-bond acceptors (Lipinski definition) is 1. The van der Waals surface area contributed by atoms with Crippen molar-refractivity contribution < 1.29 is 4.74 Å². The van der Waals surface area contributed by atoms with E-state index in [0.717, 1.165) is 13.0 Å². The van der Waals surface area contributed by atoms with Gasteiger partial charge < -0.3 is 4.74 Å². The van der Waals surface area contributed by atoms with Gasteiger partial charge >= 0.3 is 0 Å². The van der Waals surface area contributed by atoms with E-state index in [-0.39, 0.29) is 16.4 Å². The Morgan fingerprint density at radius 1 is 0.706 bits per heavy atom.